The molecule has 152 valence electrons. The second kappa shape index (κ2) is 9.37. The lowest BCUT2D eigenvalue weighted by Crippen LogP contribution is -2.32. The molecular formula is C21H18Cl2FNO4. The fraction of sp³-hybridized carbons (Fsp3) is 0.286. The average Bonchev–Trinajstić information content (AvgIpc) is 3.10. The molecule has 3 rings (SSSR count). The zero-order valence-electron chi connectivity index (χ0n) is 15.3. The van der Waals surface area contributed by atoms with Gasteiger partial charge < -0.3 is 9.64 Å². The quantitative estimate of drug-likeness (QED) is 0.368. The van der Waals surface area contributed by atoms with Crippen LogP contribution in [-0.4, -0.2) is 36.2 Å². The lowest BCUT2D eigenvalue weighted by Gasteiger charge is -2.19. The summed E-state index contributed by atoms with van der Waals surface area (Å²) in [5.74, 6) is -2.38. The number of ether oxygens (including phenoxy) is 1. The molecule has 1 heterocycles. The van der Waals surface area contributed by atoms with Crippen molar-refractivity contribution in [3.63, 3.8) is 0 Å². The predicted octanol–water partition coefficient (Wildman–Crippen LogP) is 4.26. The van der Waals surface area contributed by atoms with E-state index in [0.29, 0.717) is 10.7 Å². The molecule has 0 saturated carbocycles. The van der Waals surface area contributed by atoms with Crippen LogP contribution >= 0.6 is 23.2 Å². The van der Waals surface area contributed by atoms with Crippen molar-refractivity contribution in [1.29, 1.82) is 0 Å². The predicted molar refractivity (Wildman–Crippen MR) is 108 cm³/mol. The Morgan fingerprint density at radius 3 is 2.41 bits per heavy atom. The summed E-state index contributed by atoms with van der Waals surface area (Å²) in [4.78, 5) is 39.1. The summed E-state index contributed by atoms with van der Waals surface area (Å²) in [6.07, 6.45) is -0.990. The van der Waals surface area contributed by atoms with Gasteiger partial charge in [-0.25, -0.2) is 4.39 Å². The highest BCUT2D eigenvalue weighted by molar-refractivity contribution is 6.30. The number of nitrogens with zero attached hydrogens (tertiary/aromatic N) is 1. The molecule has 29 heavy (non-hydrogen) atoms. The number of hydrogen-bond acceptors (Lipinski definition) is 4. The van der Waals surface area contributed by atoms with Gasteiger partial charge in [-0.1, -0.05) is 11.6 Å². The Bertz CT molecular complexity index is 902. The highest BCUT2D eigenvalue weighted by atomic mass is 35.5. The van der Waals surface area contributed by atoms with Crippen LogP contribution in [0.15, 0.2) is 48.5 Å². The van der Waals surface area contributed by atoms with Crippen molar-refractivity contribution in [2.75, 3.05) is 17.3 Å². The maximum Gasteiger partial charge on any atom is 0.312 e. The van der Waals surface area contributed by atoms with Crippen molar-refractivity contribution >= 4 is 46.5 Å². The fourth-order valence-electron chi connectivity index (χ4n) is 3.12. The number of carbonyl (C=O) groups excluding carboxylic acids is 3. The number of anilines is 1. The third-order valence-electron chi connectivity index (χ3n) is 4.65. The Hall–Kier alpha value is -2.44. The number of rotatable bonds is 7. The first-order chi connectivity index (χ1) is 13.9. The highest BCUT2D eigenvalue weighted by Gasteiger charge is 2.38. The molecule has 5 nitrogen and oxygen atoms in total. The van der Waals surface area contributed by atoms with Crippen LogP contribution in [-0.2, 0) is 14.3 Å². The van der Waals surface area contributed by atoms with Gasteiger partial charge in [0.15, 0.2) is 6.10 Å². The van der Waals surface area contributed by atoms with Crippen molar-refractivity contribution in [1.82, 2.24) is 0 Å². The molecule has 0 bridgehead atoms. The van der Waals surface area contributed by atoms with Gasteiger partial charge >= 0.3 is 5.97 Å². The number of alkyl halides is 1. The van der Waals surface area contributed by atoms with E-state index in [-0.39, 0.29) is 36.7 Å². The third-order valence-corrected chi connectivity index (χ3v) is 5.12. The first-order valence-electron chi connectivity index (χ1n) is 9.01. The monoisotopic (exact) mass is 437 g/mol. The molecular weight excluding hydrogens is 420 g/mol. The molecule has 1 aliphatic heterocycles. The number of carbonyl (C=O) groups is 3. The summed E-state index contributed by atoms with van der Waals surface area (Å²) >= 11 is 11.6. The highest BCUT2D eigenvalue weighted by Crippen LogP contribution is 2.27. The van der Waals surface area contributed by atoms with Crippen LogP contribution < -0.4 is 4.90 Å². The van der Waals surface area contributed by atoms with E-state index in [1.54, 1.807) is 24.3 Å². The fourth-order valence-corrected chi connectivity index (χ4v) is 3.44. The SMILES string of the molecule is O=C(O[C@H](CCCl)C(=O)c1ccc(F)cc1)[C@@H]1CC(=O)N(c2ccc(Cl)cc2)C1. The van der Waals surface area contributed by atoms with Crippen LogP contribution in [0.4, 0.5) is 10.1 Å². The Balaban J connectivity index is 1.68. The summed E-state index contributed by atoms with van der Waals surface area (Å²) in [7, 11) is 0. The molecule has 8 heteroatoms. The van der Waals surface area contributed by atoms with Crippen LogP contribution in [0, 0.1) is 11.7 Å². The normalized spacial score (nSPS) is 17.3. The lowest BCUT2D eigenvalue weighted by atomic mass is 10.0. The van der Waals surface area contributed by atoms with E-state index in [1.807, 2.05) is 0 Å². The van der Waals surface area contributed by atoms with Gasteiger partial charge in [0.1, 0.15) is 5.82 Å². The lowest BCUT2D eigenvalue weighted by molar-refractivity contribution is -0.151. The van der Waals surface area contributed by atoms with E-state index in [4.69, 9.17) is 27.9 Å². The van der Waals surface area contributed by atoms with Gasteiger partial charge in [-0.3, -0.25) is 14.4 Å². The van der Waals surface area contributed by atoms with E-state index in [0.717, 1.165) is 12.1 Å². The van der Waals surface area contributed by atoms with Gasteiger partial charge in [0.05, 0.1) is 5.92 Å². The average molecular weight is 438 g/mol. The molecule has 2 atom stereocenters. The van der Waals surface area contributed by atoms with E-state index < -0.39 is 29.6 Å². The second-order valence-corrected chi connectivity index (χ2v) is 7.47. The third kappa shape index (κ3) is 5.14. The van der Waals surface area contributed by atoms with Crippen LogP contribution in [0.5, 0.6) is 0 Å². The molecule has 0 aliphatic carbocycles. The van der Waals surface area contributed by atoms with Crippen molar-refractivity contribution in [2.24, 2.45) is 5.92 Å². The molecule has 1 aliphatic rings. The summed E-state index contributed by atoms with van der Waals surface area (Å²) in [6.45, 7) is 0.150. The summed E-state index contributed by atoms with van der Waals surface area (Å²) < 4.78 is 18.5. The van der Waals surface area contributed by atoms with E-state index in [9.17, 15) is 18.8 Å². The molecule has 2 aromatic carbocycles. The Kier molecular flexibility index (Phi) is 6.87. The Morgan fingerprint density at radius 1 is 1.14 bits per heavy atom. The summed E-state index contributed by atoms with van der Waals surface area (Å²) in [5, 5.41) is 0.541. The number of benzene rings is 2. The van der Waals surface area contributed by atoms with Gasteiger partial charge in [-0.15, -0.1) is 11.6 Å². The first kappa shape index (κ1) is 21.3. The standard InChI is InChI=1S/C21H18Cl2FNO4/c22-10-9-18(20(27)13-1-5-16(24)6-2-13)29-21(28)14-11-19(26)25(12-14)17-7-3-15(23)4-8-17/h1-8,14,18H,9-12H2/t14-,18-/m1/s1. The summed E-state index contributed by atoms with van der Waals surface area (Å²) in [5.41, 5.74) is 0.856. The Morgan fingerprint density at radius 2 is 1.79 bits per heavy atom. The minimum Gasteiger partial charge on any atom is -0.454 e. The summed E-state index contributed by atoms with van der Waals surface area (Å²) in [6, 6.07) is 11.7. The molecule has 0 spiro atoms. The number of esters is 1. The smallest absolute Gasteiger partial charge is 0.312 e. The first-order valence-corrected chi connectivity index (χ1v) is 9.92. The van der Waals surface area contributed by atoms with Gasteiger partial charge in [0, 0.05) is 41.5 Å². The van der Waals surface area contributed by atoms with Gasteiger partial charge in [-0.05, 0) is 48.5 Å². The largest absolute Gasteiger partial charge is 0.454 e. The maximum absolute atomic E-state index is 13.1. The van der Waals surface area contributed by atoms with Crippen molar-refractivity contribution in [3.05, 3.63) is 64.9 Å². The van der Waals surface area contributed by atoms with Crippen molar-refractivity contribution in [2.45, 2.75) is 18.9 Å². The Labute approximate surface area is 177 Å². The zero-order valence-corrected chi connectivity index (χ0v) is 16.8. The van der Waals surface area contributed by atoms with Gasteiger partial charge in [0.2, 0.25) is 11.7 Å². The molecule has 0 N–H and O–H groups in total. The van der Waals surface area contributed by atoms with Crippen LogP contribution in [0.1, 0.15) is 23.2 Å². The molecule has 1 fully saturated rings. The number of halogens is 3. The number of ketones is 1. The van der Waals surface area contributed by atoms with Crippen LogP contribution in [0.25, 0.3) is 0 Å². The number of amides is 1. The molecule has 1 saturated heterocycles. The molecule has 0 radical (unpaired) electrons. The molecule has 2 aromatic rings. The minimum absolute atomic E-state index is 0.0141. The van der Waals surface area contributed by atoms with Crippen molar-refractivity contribution < 1.29 is 23.5 Å². The van der Waals surface area contributed by atoms with Crippen molar-refractivity contribution in [3.8, 4) is 0 Å². The molecule has 0 aromatic heterocycles. The van der Waals surface area contributed by atoms with Gasteiger partial charge in [0.25, 0.3) is 0 Å². The van der Waals surface area contributed by atoms with Crippen LogP contribution in [0.2, 0.25) is 5.02 Å². The maximum atomic E-state index is 13.1. The zero-order chi connectivity index (χ0) is 21.0. The topological polar surface area (TPSA) is 63.7 Å². The molecule has 1 amide bonds. The van der Waals surface area contributed by atoms with Gasteiger partial charge in [-0.2, -0.15) is 0 Å². The van der Waals surface area contributed by atoms with E-state index >= 15 is 0 Å². The van der Waals surface area contributed by atoms with Crippen LogP contribution in [0.3, 0.4) is 0 Å². The van der Waals surface area contributed by atoms with E-state index in [1.165, 1.54) is 17.0 Å². The minimum atomic E-state index is -1.09. The number of hydrogen-bond donors (Lipinski definition) is 0. The van der Waals surface area contributed by atoms with E-state index in [2.05, 4.69) is 0 Å². The number of Topliss-reactive ketones (excluding diaryl/α,β-unsaturated/α-hetero) is 1. The second-order valence-electron chi connectivity index (χ2n) is 6.66. The molecule has 0 unspecified atom stereocenters.